The molecule has 0 aliphatic carbocycles. The number of alkyl halides is 3. The predicted octanol–water partition coefficient (Wildman–Crippen LogP) is 3.57. The van der Waals surface area contributed by atoms with Crippen molar-refractivity contribution in [2.24, 2.45) is 4.99 Å². The molecule has 2 aromatic rings. The molecule has 1 N–H and O–H groups in total. The monoisotopic (exact) mass is 604 g/mol. The lowest BCUT2D eigenvalue weighted by molar-refractivity contribution is -0.274. The molecular weight excluding hydrogens is 577 g/mol. The molecule has 3 aliphatic heterocycles. The van der Waals surface area contributed by atoms with E-state index in [1.165, 1.54) is 22.5 Å². The summed E-state index contributed by atoms with van der Waals surface area (Å²) in [4.78, 5) is 42.8. The maximum Gasteiger partial charge on any atom is 0.573 e. The average molecular weight is 605 g/mol. The van der Waals surface area contributed by atoms with Crippen LogP contribution in [0.15, 0.2) is 46.8 Å². The van der Waals surface area contributed by atoms with Gasteiger partial charge in [-0.1, -0.05) is 12.1 Å². The molecule has 0 radical (unpaired) electrons. The number of sulfonamides is 1. The molecule has 0 saturated carbocycles. The maximum absolute atomic E-state index is 13.2. The van der Waals surface area contributed by atoms with Crippen LogP contribution in [0.25, 0.3) is 6.08 Å². The summed E-state index contributed by atoms with van der Waals surface area (Å²) < 4.78 is 69.4. The van der Waals surface area contributed by atoms with Crippen molar-refractivity contribution >= 4 is 45.3 Å². The van der Waals surface area contributed by atoms with E-state index in [-0.39, 0.29) is 62.0 Å². The van der Waals surface area contributed by atoms with E-state index in [2.05, 4.69) is 15.0 Å². The number of nitrogens with zero attached hydrogens (tertiary/aromatic N) is 3. The summed E-state index contributed by atoms with van der Waals surface area (Å²) in [5.74, 6) is -1.36. The van der Waals surface area contributed by atoms with E-state index in [0.29, 0.717) is 22.4 Å². The first-order valence-corrected chi connectivity index (χ1v) is 14.6. The van der Waals surface area contributed by atoms with E-state index in [4.69, 9.17) is 0 Å². The molecule has 3 amide bonds. The Morgan fingerprint density at radius 3 is 2.21 bits per heavy atom. The summed E-state index contributed by atoms with van der Waals surface area (Å²) in [6.45, 7) is 3.53. The quantitative estimate of drug-likeness (QED) is 0.503. The Kier molecular flexibility index (Phi) is 7.47. The normalized spacial score (nSPS) is 19.6. The molecule has 222 valence electrons. The zero-order valence-corrected chi connectivity index (χ0v) is 23.5. The number of ether oxygens (including phenoxy) is 1. The fraction of sp³-hybridized carbons (Fsp3) is 0.357. The van der Waals surface area contributed by atoms with Gasteiger partial charge in [0.1, 0.15) is 17.1 Å². The molecule has 2 saturated heterocycles. The molecule has 0 aromatic heterocycles. The number of anilines is 1. The fourth-order valence-electron chi connectivity index (χ4n) is 5.39. The minimum absolute atomic E-state index is 0.00415. The van der Waals surface area contributed by atoms with Crippen LogP contribution >= 0.6 is 0 Å². The van der Waals surface area contributed by atoms with Gasteiger partial charge < -0.3 is 10.1 Å². The van der Waals surface area contributed by atoms with Gasteiger partial charge in [-0.3, -0.25) is 24.3 Å². The van der Waals surface area contributed by atoms with E-state index >= 15 is 0 Å². The van der Waals surface area contributed by atoms with Crippen LogP contribution in [-0.2, 0) is 24.4 Å². The number of piperidine rings is 1. The number of aliphatic imine (C=N–C) groups is 1. The average Bonchev–Trinajstić information content (AvgIpc) is 3.40. The first-order valence-electron chi connectivity index (χ1n) is 13.1. The van der Waals surface area contributed by atoms with Gasteiger partial charge in [0, 0.05) is 36.9 Å². The number of rotatable bonds is 6. The van der Waals surface area contributed by atoms with E-state index in [9.17, 15) is 36.0 Å². The molecule has 42 heavy (non-hydrogen) atoms. The zero-order chi connectivity index (χ0) is 30.4. The summed E-state index contributed by atoms with van der Waals surface area (Å²) in [6.07, 6.45) is -2.92. The van der Waals surface area contributed by atoms with Crippen LogP contribution in [0.4, 0.5) is 18.9 Å². The maximum atomic E-state index is 13.2. The summed E-state index contributed by atoms with van der Waals surface area (Å²) in [7, 11) is -3.88. The van der Waals surface area contributed by atoms with E-state index in [1.807, 2.05) is 0 Å². The van der Waals surface area contributed by atoms with Gasteiger partial charge in [-0.25, -0.2) is 8.42 Å². The minimum atomic E-state index is -4.87. The molecule has 1 spiro atoms. The van der Waals surface area contributed by atoms with Crippen molar-refractivity contribution in [2.45, 2.75) is 51.4 Å². The first-order chi connectivity index (χ1) is 19.7. The van der Waals surface area contributed by atoms with Gasteiger partial charge >= 0.3 is 6.36 Å². The summed E-state index contributed by atoms with van der Waals surface area (Å²) in [6, 6.07) is 8.43. The molecule has 0 bridgehead atoms. The second kappa shape index (κ2) is 10.7. The third kappa shape index (κ3) is 5.81. The van der Waals surface area contributed by atoms with Crippen LogP contribution in [0.5, 0.6) is 5.75 Å². The molecule has 5 rings (SSSR count). The van der Waals surface area contributed by atoms with Crippen molar-refractivity contribution in [3.8, 4) is 5.75 Å². The Hall–Kier alpha value is -4.04. The number of hydrogen-bond donors (Lipinski definition) is 1. The molecular formula is C28H27F3N4O6S. The van der Waals surface area contributed by atoms with E-state index in [0.717, 1.165) is 22.4 Å². The zero-order valence-electron chi connectivity index (χ0n) is 22.7. The number of carbonyl (C=O) groups is 3. The number of amidine groups is 1. The Bertz CT molecular complexity index is 1600. The molecule has 14 heteroatoms. The largest absolute Gasteiger partial charge is 0.573 e. The topological polar surface area (TPSA) is 125 Å². The highest BCUT2D eigenvalue weighted by Crippen LogP contribution is 2.34. The number of carbonyl (C=O) groups excluding carboxylic acids is 3. The van der Waals surface area contributed by atoms with Crippen LogP contribution in [0.3, 0.4) is 0 Å². The summed E-state index contributed by atoms with van der Waals surface area (Å²) in [5.41, 5.74) is 1.46. The fourth-order valence-corrected chi connectivity index (χ4v) is 6.56. The molecule has 2 fully saturated rings. The standard InChI is InChI=1S/C28H27F3N4O6S/c1-17-14-20(35-23(36)6-7-24(35)37)15-18(2)22(17)8-13-42(39,40)34-11-9-27(10-12-34)26(38)32-25(33-27)19-4-3-5-21(16-19)41-28(29,30)31/h3-5,8,13-16H,6-7,9-12H2,1-2H3,(H,32,33,38)/b13-8+. The van der Waals surface area contributed by atoms with E-state index in [1.54, 1.807) is 26.0 Å². The van der Waals surface area contributed by atoms with Crippen molar-refractivity contribution in [1.82, 2.24) is 9.62 Å². The van der Waals surface area contributed by atoms with Gasteiger partial charge in [-0.05, 0) is 73.7 Å². The SMILES string of the molecule is Cc1cc(N2C(=O)CCC2=O)cc(C)c1/C=C/S(=O)(=O)N1CCC2(CC1)N=C(c1cccc(OC(F)(F)F)c1)NC2=O. The van der Waals surface area contributed by atoms with E-state index < -0.39 is 33.6 Å². The number of halogens is 3. The Morgan fingerprint density at radius 2 is 1.62 bits per heavy atom. The van der Waals surface area contributed by atoms with Crippen LogP contribution in [0.2, 0.25) is 0 Å². The van der Waals surface area contributed by atoms with Crippen LogP contribution in [0, 0.1) is 13.8 Å². The number of amides is 3. The second-order valence-electron chi connectivity index (χ2n) is 10.4. The summed E-state index contributed by atoms with van der Waals surface area (Å²) >= 11 is 0. The second-order valence-corrected chi connectivity index (χ2v) is 12.2. The number of imide groups is 1. The number of hydrogen-bond acceptors (Lipinski definition) is 7. The van der Waals surface area contributed by atoms with Crippen molar-refractivity contribution in [3.63, 3.8) is 0 Å². The summed E-state index contributed by atoms with van der Waals surface area (Å²) in [5, 5.41) is 3.70. The molecule has 0 atom stereocenters. The van der Waals surface area contributed by atoms with Crippen molar-refractivity contribution < 1.29 is 40.7 Å². The number of nitrogens with one attached hydrogen (secondary N) is 1. The van der Waals surface area contributed by atoms with Crippen LogP contribution < -0.4 is 15.0 Å². The highest BCUT2D eigenvalue weighted by atomic mass is 32.2. The predicted molar refractivity (Wildman–Crippen MR) is 147 cm³/mol. The van der Waals surface area contributed by atoms with Crippen LogP contribution in [0.1, 0.15) is 47.9 Å². The van der Waals surface area contributed by atoms with Gasteiger partial charge in [0.2, 0.25) is 21.8 Å². The number of aryl methyl sites for hydroxylation is 2. The van der Waals surface area contributed by atoms with Gasteiger partial charge in [0.15, 0.2) is 0 Å². The highest BCUT2D eigenvalue weighted by molar-refractivity contribution is 7.92. The van der Waals surface area contributed by atoms with Gasteiger partial charge in [-0.15, -0.1) is 13.2 Å². The molecule has 2 aromatic carbocycles. The minimum Gasteiger partial charge on any atom is -0.406 e. The lowest BCUT2D eigenvalue weighted by atomic mass is 9.89. The molecule has 10 nitrogen and oxygen atoms in total. The Morgan fingerprint density at radius 1 is 1.00 bits per heavy atom. The van der Waals surface area contributed by atoms with Crippen molar-refractivity contribution in [2.75, 3.05) is 18.0 Å². The van der Waals surface area contributed by atoms with Gasteiger partial charge in [0.25, 0.3) is 5.91 Å². The first kappa shape index (κ1) is 29.5. The Labute approximate surface area is 239 Å². The third-order valence-corrected chi connectivity index (χ3v) is 9.09. The van der Waals surface area contributed by atoms with Gasteiger partial charge in [-0.2, -0.15) is 4.31 Å². The highest BCUT2D eigenvalue weighted by Gasteiger charge is 2.47. The molecule has 3 heterocycles. The smallest absolute Gasteiger partial charge is 0.406 e. The third-order valence-electron chi connectivity index (χ3n) is 7.53. The van der Waals surface area contributed by atoms with Gasteiger partial charge in [0.05, 0.1) is 5.69 Å². The lowest BCUT2D eigenvalue weighted by Gasteiger charge is -2.34. The van der Waals surface area contributed by atoms with Crippen LogP contribution in [-0.4, -0.2) is 61.3 Å². The Balaban J connectivity index is 1.29. The number of benzene rings is 2. The molecule has 0 unspecified atom stereocenters. The van der Waals surface area contributed by atoms with Crippen molar-refractivity contribution in [1.29, 1.82) is 0 Å². The lowest BCUT2D eigenvalue weighted by Crippen LogP contribution is -2.50. The van der Waals surface area contributed by atoms with Crippen molar-refractivity contribution in [3.05, 3.63) is 64.1 Å². The molecule has 3 aliphatic rings.